The van der Waals surface area contributed by atoms with E-state index in [1.807, 2.05) is 10.7 Å². The molecule has 2 aromatic rings. The van der Waals surface area contributed by atoms with Crippen molar-refractivity contribution in [1.29, 1.82) is 0 Å². The number of alkyl halides is 3. The lowest BCUT2D eigenvalue weighted by molar-refractivity contribution is -0.137. The van der Waals surface area contributed by atoms with Crippen LogP contribution in [-0.2, 0) is 6.18 Å². The molecule has 2 aliphatic carbocycles. The summed E-state index contributed by atoms with van der Waals surface area (Å²) in [6.07, 6.45) is -0.730. The normalized spacial score (nSPS) is 28.5. The lowest BCUT2D eigenvalue weighted by Crippen LogP contribution is -2.49. The molecule has 0 amide bonds. The van der Waals surface area contributed by atoms with Gasteiger partial charge in [0.25, 0.3) is 0 Å². The Kier molecular flexibility index (Phi) is 5.68. The zero-order valence-corrected chi connectivity index (χ0v) is 19.5. The Labute approximate surface area is 192 Å². The number of piperazine rings is 1. The second-order valence-electron chi connectivity index (χ2n) is 10.1. The largest absolute Gasteiger partial charge is 0.419 e. The summed E-state index contributed by atoms with van der Waals surface area (Å²) in [7, 11) is 0. The van der Waals surface area contributed by atoms with Crippen molar-refractivity contribution in [3.63, 3.8) is 0 Å². The number of hydrogen-bond donors (Lipinski definition) is 1. The predicted octanol–water partition coefficient (Wildman–Crippen LogP) is 4.26. The van der Waals surface area contributed by atoms with Crippen LogP contribution in [0.4, 0.5) is 19.0 Å². The fourth-order valence-corrected chi connectivity index (χ4v) is 6.05. The van der Waals surface area contributed by atoms with Crippen LogP contribution in [-0.4, -0.2) is 63.3 Å². The van der Waals surface area contributed by atoms with Crippen molar-refractivity contribution in [2.24, 2.45) is 11.8 Å². The van der Waals surface area contributed by atoms with E-state index < -0.39 is 17.6 Å². The van der Waals surface area contributed by atoms with Gasteiger partial charge in [0.05, 0.1) is 11.3 Å². The smallest absolute Gasteiger partial charge is 0.383 e. The van der Waals surface area contributed by atoms with Crippen LogP contribution in [0.3, 0.4) is 0 Å². The second kappa shape index (κ2) is 8.27. The van der Waals surface area contributed by atoms with Crippen molar-refractivity contribution in [3.8, 4) is 11.3 Å². The summed E-state index contributed by atoms with van der Waals surface area (Å²) in [6.45, 7) is 12.1. The molecule has 0 radical (unpaired) electrons. The first kappa shape index (κ1) is 22.7. The highest BCUT2D eigenvalue weighted by Crippen LogP contribution is 2.64. The molecule has 3 heterocycles. The molecule has 9 heteroatoms. The van der Waals surface area contributed by atoms with Crippen molar-refractivity contribution < 1.29 is 13.2 Å². The molecule has 180 valence electrons. The standard InChI is InChI=1S/C24H33F3N6/c1-4-31-5-7-32(8-6-31)16-10-17-18(11-16)22(17)21-12-20(30-33(21)14(2)3)15-9-19(24(25,26)27)23(28)29-13-15/h9,12-14,16-18,22H,4-8,10-11H2,1-3H3,(H2,28,29). The Morgan fingerprint density at radius 1 is 1.09 bits per heavy atom. The van der Waals surface area contributed by atoms with Gasteiger partial charge in [-0.2, -0.15) is 18.3 Å². The number of fused-ring (bicyclic) bond motifs is 1. The third kappa shape index (κ3) is 4.14. The summed E-state index contributed by atoms with van der Waals surface area (Å²) in [4.78, 5) is 8.97. The molecule has 2 saturated carbocycles. The summed E-state index contributed by atoms with van der Waals surface area (Å²) < 4.78 is 42.0. The Balaban J connectivity index is 1.33. The molecule has 5 rings (SSSR count). The minimum Gasteiger partial charge on any atom is -0.383 e. The molecule has 2 N–H and O–H groups in total. The quantitative estimate of drug-likeness (QED) is 0.720. The van der Waals surface area contributed by atoms with Gasteiger partial charge in [0.15, 0.2) is 0 Å². The average molecular weight is 463 g/mol. The van der Waals surface area contributed by atoms with Crippen molar-refractivity contribution >= 4 is 5.82 Å². The predicted molar refractivity (Wildman–Crippen MR) is 122 cm³/mol. The van der Waals surface area contributed by atoms with Crippen molar-refractivity contribution in [2.45, 2.75) is 57.8 Å². The summed E-state index contributed by atoms with van der Waals surface area (Å²) >= 11 is 0. The monoisotopic (exact) mass is 462 g/mol. The number of halogens is 3. The van der Waals surface area contributed by atoms with E-state index in [1.54, 1.807) is 0 Å². The number of pyridine rings is 1. The van der Waals surface area contributed by atoms with Gasteiger partial charge in [0, 0.05) is 61.6 Å². The molecule has 0 spiro atoms. The van der Waals surface area contributed by atoms with Crippen LogP contribution in [0, 0.1) is 11.8 Å². The van der Waals surface area contributed by atoms with Gasteiger partial charge in [-0.3, -0.25) is 9.58 Å². The summed E-state index contributed by atoms with van der Waals surface area (Å²) in [5, 5.41) is 4.70. The molecule has 2 unspecified atom stereocenters. The van der Waals surface area contributed by atoms with E-state index in [0.717, 1.165) is 44.5 Å². The molecular weight excluding hydrogens is 429 g/mol. The number of nitrogens with two attached hydrogens (primary N) is 1. The van der Waals surface area contributed by atoms with E-state index in [4.69, 9.17) is 10.8 Å². The molecular formula is C24H33F3N6. The van der Waals surface area contributed by atoms with Gasteiger partial charge in [-0.05, 0) is 57.2 Å². The Bertz CT molecular complexity index is 996. The molecule has 0 bridgehead atoms. The first-order chi connectivity index (χ1) is 15.7. The number of hydrogen-bond acceptors (Lipinski definition) is 5. The van der Waals surface area contributed by atoms with E-state index >= 15 is 0 Å². The van der Waals surface area contributed by atoms with Gasteiger partial charge >= 0.3 is 6.18 Å². The number of aromatic nitrogens is 3. The second-order valence-corrected chi connectivity index (χ2v) is 10.1. The highest BCUT2D eigenvalue weighted by molar-refractivity contribution is 5.63. The minimum absolute atomic E-state index is 0.136. The van der Waals surface area contributed by atoms with Crippen LogP contribution in [0.15, 0.2) is 18.3 Å². The molecule has 2 aromatic heterocycles. The van der Waals surface area contributed by atoms with Crippen molar-refractivity contribution in [3.05, 3.63) is 29.6 Å². The zero-order chi connectivity index (χ0) is 23.5. The van der Waals surface area contributed by atoms with Gasteiger partial charge in [-0.25, -0.2) is 4.98 Å². The highest BCUT2D eigenvalue weighted by atomic mass is 19.4. The van der Waals surface area contributed by atoms with Crippen LogP contribution < -0.4 is 5.73 Å². The SMILES string of the molecule is CCN1CCN(C2CC3C(C2)C3c2cc(-c3cnc(N)c(C(F)(F)F)c3)nn2C(C)C)CC1. The maximum absolute atomic E-state index is 13.3. The first-order valence-electron chi connectivity index (χ1n) is 12.1. The number of anilines is 1. The summed E-state index contributed by atoms with van der Waals surface area (Å²) in [5.41, 5.74) is 6.62. The van der Waals surface area contributed by atoms with E-state index in [1.165, 1.54) is 19.0 Å². The third-order valence-electron chi connectivity index (χ3n) is 7.91. The molecule has 0 aromatic carbocycles. The van der Waals surface area contributed by atoms with Crippen molar-refractivity contribution in [1.82, 2.24) is 24.6 Å². The zero-order valence-electron chi connectivity index (χ0n) is 19.5. The van der Waals surface area contributed by atoms with E-state index in [2.05, 4.69) is 35.6 Å². The lowest BCUT2D eigenvalue weighted by Gasteiger charge is -2.38. The lowest BCUT2D eigenvalue weighted by atomic mass is 10.0. The Hall–Kier alpha value is -2.13. The van der Waals surface area contributed by atoms with E-state index in [-0.39, 0.29) is 6.04 Å². The van der Waals surface area contributed by atoms with Crippen LogP contribution in [0.25, 0.3) is 11.3 Å². The van der Waals surface area contributed by atoms with E-state index in [9.17, 15) is 13.2 Å². The molecule has 6 nitrogen and oxygen atoms in total. The van der Waals surface area contributed by atoms with Gasteiger partial charge < -0.3 is 10.6 Å². The van der Waals surface area contributed by atoms with Gasteiger partial charge in [-0.15, -0.1) is 0 Å². The summed E-state index contributed by atoms with van der Waals surface area (Å²) in [6, 6.07) is 3.85. The maximum Gasteiger partial charge on any atom is 0.419 e. The number of likely N-dealkylation sites (N-methyl/N-ethyl adjacent to an activating group) is 1. The Morgan fingerprint density at radius 2 is 1.76 bits per heavy atom. The molecule has 1 saturated heterocycles. The average Bonchev–Trinajstić information content (AvgIpc) is 3.13. The fourth-order valence-electron chi connectivity index (χ4n) is 6.05. The number of rotatable bonds is 5. The van der Waals surface area contributed by atoms with Crippen LogP contribution in [0.2, 0.25) is 0 Å². The van der Waals surface area contributed by atoms with Gasteiger partial charge in [-0.1, -0.05) is 6.92 Å². The number of nitrogen functional groups attached to an aromatic ring is 1. The number of nitrogens with zero attached hydrogens (tertiary/aromatic N) is 5. The molecule has 3 aliphatic rings. The van der Waals surface area contributed by atoms with E-state index in [0.29, 0.717) is 35.1 Å². The summed E-state index contributed by atoms with van der Waals surface area (Å²) in [5.74, 6) is 1.25. The first-order valence-corrected chi connectivity index (χ1v) is 12.1. The van der Waals surface area contributed by atoms with Gasteiger partial charge in [0.2, 0.25) is 0 Å². The Morgan fingerprint density at radius 3 is 2.33 bits per heavy atom. The van der Waals surface area contributed by atoms with Crippen LogP contribution in [0.1, 0.15) is 56.8 Å². The molecule has 33 heavy (non-hydrogen) atoms. The molecule has 3 fully saturated rings. The van der Waals surface area contributed by atoms with Crippen molar-refractivity contribution in [2.75, 3.05) is 38.5 Å². The van der Waals surface area contributed by atoms with Crippen LogP contribution >= 0.6 is 0 Å². The van der Waals surface area contributed by atoms with Gasteiger partial charge in [0.1, 0.15) is 5.82 Å². The van der Waals surface area contributed by atoms with Crippen LogP contribution in [0.5, 0.6) is 0 Å². The molecule has 2 atom stereocenters. The minimum atomic E-state index is -4.54. The highest BCUT2D eigenvalue weighted by Gasteiger charge is 2.58. The maximum atomic E-state index is 13.3. The fraction of sp³-hybridized carbons (Fsp3) is 0.667. The topological polar surface area (TPSA) is 63.2 Å². The third-order valence-corrected chi connectivity index (χ3v) is 7.91. The molecule has 1 aliphatic heterocycles.